The predicted molar refractivity (Wildman–Crippen MR) is 123 cm³/mol. The number of aliphatic carboxylic acids is 1. The summed E-state index contributed by atoms with van der Waals surface area (Å²) in [7, 11) is 0. The molecule has 1 aromatic heterocycles. The van der Waals surface area contributed by atoms with E-state index in [1.165, 1.54) is 6.33 Å². The van der Waals surface area contributed by atoms with E-state index in [2.05, 4.69) is 15.3 Å². The van der Waals surface area contributed by atoms with E-state index in [0.717, 1.165) is 16.7 Å². The standard InChI is InChI=1S/C25H29N3O5/c29-15-21(13-20-14-26-16-27-20)28-24(31)22(23(30)25(32)33)8-4-5-17-9-11-19(12-10-17)18-6-2-1-3-7-18/h1-3,6-7,9-12,14,16,21-23,29-30H,4-5,8,13,15H2,(H,26,27)(H,28,31)(H,32,33)/t21-,22?,23?/m1/s1. The van der Waals surface area contributed by atoms with E-state index in [9.17, 15) is 24.9 Å². The first-order valence-electron chi connectivity index (χ1n) is 10.9. The first-order valence-corrected chi connectivity index (χ1v) is 10.9. The van der Waals surface area contributed by atoms with Gasteiger partial charge in [-0.05, 0) is 36.0 Å². The van der Waals surface area contributed by atoms with Crippen LogP contribution in [-0.4, -0.2) is 55.9 Å². The van der Waals surface area contributed by atoms with Crippen molar-refractivity contribution in [3.05, 3.63) is 78.4 Å². The first-order chi connectivity index (χ1) is 16.0. The number of carbonyl (C=O) groups is 2. The van der Waals surface area contributed by atoms with Crippen molar-refractivity contribution < 1.29 is 24.9 Å². The number of aromatic amines is 1. The number of rotatable bonds is 12. The van der Waals surface area contributed by atoms with Crippen molar-refractivity contribution in [2.75, 3.05) is 6.61 Å². The summed E-state index contributed by atoms with van der Waals surface area (Å²) in [5, 5.41) is 31.6. The number of aliphatic hydroxyl groups is 2. The highest BCUT2D eigenvalue weighted by atomic mass is 16.4. The number of nitrogens with one attached hydrogen (secondary N) is 2. The van der Waals surface area contributed by atoms with Crippen LogP contribution in [0.1, 0.15) is 24.1 Å². The van der Waals surface area contributed by atoms with Gasteiger partial charge in [0.15, 0.2) is 6.10 Å². The Labute approximate surface area is 192 Å². The van der Waals surface area contributed by atoms with Gasteiger partial charge >= 0.3 is 5.97 Å². The summed E-state index contributed by atoms with van der Waals surface area (Å²) in [6, 6.07) is 17.5. The number of H-pyrrole nitrogens is 1. The molecule has 1 amide bonds. The number of benzene rings is 2. The Morgan fingerprint density at radius 1 is 1.03 bits per heavy atom. The van der Waals surface area contributed by atoms with Gasteiger partial charge in [0.1, 0.15) is 0 Å². The van der Waals surface area contributed by atoms with Crippen molar-refractivity contribution in [1.82, 2.24) is 15.3 Å². The SMILES string of the molecule is O=C(O)C(O)C(CCCc1ccc(-c2ccccc2)cc1)C(=O)N[C@@H](CO)Cc1c[nH]cn1. The molecule has 174 valence electrons. The molecule has 0 saturated heterocycles. The number of nitrogens with zero attached hydrogens (tertiary/aromatic N) is 1. The van der Waals surface area contributed by atoms with Gasteiger partial charge in [-0.1, -0.05) is 54.6 Å². The lowest BCUT2D eigenvalue weighted by Crippen LogP contribution is -2.47. The fourth-order valence-corrected chi connectivity index (χ4v) is 3.75. The molecule has 1 heterocycles. The summed E-state index contributed by atoms with van der Waals surface area (Å²) in [6.07, 6.45) is 2.97. The Balaban J connectivity index is 1.58. The van der Waals surface area contributed by atoms with Crippen LogP contribution >= 0.6 is 0 Å². The molecule has 3 aromatic rings. The zero-order valence-electron chi connectivity index (χ0n) is 18.2. The Bertz CT molecular complexity index is 1010. The molecular weight excluding hydrogens is 422 g/mol. The Morgan fingerprint density at radius 2 is 1.73 bits per heavy atom. The second kappa shape index (κ2) is 11.9. The van der Waals surface area contributed by atoms with Gasteiger partial charge in [0, 0.05) is 12.6 Å². The Hall–Kier alpha value is -3.49. The number of aromatic nitrogens is 2. The van der Waals surface area contributed by atoms with E-state index in [0.29, 0.717) is 18.5 Å². The number of hydrogen-bond acceptors (Lipinski definition) is 5. The molecule has 3 rings (SSSR count). The van der Waals surface area contributed by atoms with E-state index in [-0.39, 0.29) is 19.4 Å². The van der Waals surface area contributed by atoms with Crippen LogP contribution in [-0.2, 0) is 22.4 Å². The molecule has 0 spiro atoms. The smallest absolute Gasteiger partial charge is 0.333 e. The zero-order chi connectivity index (χ0) is 23.6. The van der Waals surface area contributed by atoms with Crippen LogP contribution in [0.5, 0.6) is 0 Å². The third-order valence-electron chi connectivity index (χ3n) is 5.59. The molecule has 2 unspecified atom stereocenters. The highest BCUT2D eigenvalue weighted by molar-refractivity contribution is 5.86. The van der Waals surface area contributed by atoms with Gasteiger partial charge in [-0.15, -0.1) is 0 Å². The number of carboxylic acid groups (broad SMARTS) is 1. The molecule has 33 heavy (non-hydrogen) atoms. The number of carbonyl (C=O) groups excluding carboxylic acids is 1. The van der Waals surface area contributed by atoms with E-state index < -0.39 is 29.9 Å². The van der Waals surface area contributed by atoms with E-state index in [4.69, 9.17) is 0 Å². The van der Waals surface area contributed by atoms with Crippen molar-refractivity contribution in [2.45, 2.75) is 37.8 Å². The zero-order valence-corrected chi connectivity index (χ0v) is 18.2. The maximum Gasteiger partial charge on any atom is 0.333 e. The molecule has 8 nitrogen and oxygen atoms in total. The van der Waals surface area contributed by atoms with Crippen LogP contribution in [0, 0.1) is 5.92 Å². The van der Waals surface area contributed by atoms with Crippen LogP contribution in [0.15, 0.2) is 67.1 Å². The second-order valence-electron chi connectivity index (χ2n) is 8.00. The van der Waals surface area contributed by atoms with Crippen LogP contribution in [0.3, 0.4) is 0 Å². The van der Waals surface area contributed by atoms with Crippen LogP contribution < -0.4 is 5.32 Å². The van der Waals surface area contributed by atoms with Gasteiger partial charge in [-0.3, -0.25) is 4.79 Å². The number of aliphatic hydroxyl groups excluding tert-OH is 2. The number of amides is 1. The molecule has 0 bridgehead atoms. The Kier molecular flexibility index (Phi) is 8.74. The molecule has 0 aliphatic rings. The minimum absolute atomic E-state index is 0.195. The van der Waals surface area contributed by atoms with Gasteiger partial charge in [-0.2, -0.15) is 0 Å². The molecule has 8 heteroatoms. The number of hydrogen-bond donors (Lipinski definition) is 5. The monoisotopic (exact) mass is 451 g/mol. The van der Waals surface area contributed by atoms with Gasteiger partial charge in [0.05, 0.1) is 30.6 Å². The largest absolute Gasteiger partial charge is 0.479 e. The van der Waals surface area contributed by atoms with E-state index in [1.807, 2.05) is 54.6 Å². The lowest BCUT2D eigenvalue weighted by molar-refractivity contribution is -0.154. The average molecular weight is 452 g/mol. The fourth-order valence-electron chi connectivity index (χ4n) is 3.75. The molecule has 2 aromatic carbocycles. The van der Waals surface area contributed by atoms with Crippen LogP contribution in [0.25, 0.3) is 11.1 Å². The van der Waals surface area contributed by atoms with Crippen LogP contribution in [0.2, 0.25) is 0 Å². The highest BCUT2D eigenvalue weighted by Crippen LogP contribution is 2.21. The minimum atomic E-state index is -1.82. The van der Waals surface area contributed by atoms with E-state index >= 15 is 0 Å². The van der Waals surface area contributed by atoms with Gasteiger partial charge < -0.3 is 25.6 Å². The maximum absolute atomic E-state index is 12.8. The molecule has 0 fully saturated rings. The van der Waals surface area contributed by atoms with Gasteiger partial charge in [0.25, 0.3) is 0 Å². The number of imidazole rings is 1. The summed E-state index contributed by atoms with van der Waals surface area (Å²) in [4.78, 5) is 31.0. The Morgan fingerprint density at radius 3 is 2.33 bits per heavy atom. The van der Waals surface area contributed by atoms with Crippen molar-refractivity contribution in [2.24, 2.45) is 5.92 Å². The number of carboxylic acids is 1. The minimum Gasteiger partial charge on any atom is -0.479 e. The summed E-state index contributed by atoms with van der Waals surface area (Å²) in [6.45, 7) is -0.331. The lowest BCUT2D eigenvalue weighted by Gasteiger charge is -2.23. The van der Waals surface area contributed by atoms with Crippen molar-refractivity contribution in [3.63, 3.8) is 0 Å². The molecule has 0 aliphatic heterocycles. The molecule has 3 atom stereocenters. The lowest BCUT2D eigenvalue weighted by atomic mass is 9.92. The normalized spacial score (nSPS) is 13.8. The van der Waals surface area contributed by atoms with Crippen molar-refractivity contribution >= 4 is 11.9 Å². The molecule has 0 radical (unpaired) electrons. The number of aryl methyl sites for hydroxylation is 1. The van der Waals surface area contributed by atoms with E-state index in [1.54, 1.807) is 6.20 Å². The van der Waals surface area contributed by atoms with Crippen molar-refractivity contribution in [3.8, 4) is 11.1 Å². The molecule has 5 N–H and O–H groups in total. The van der Waals surface area contributed by atoms with Crippen LogP contribution in [0.4, 0.5) is 0 Å². The second-order valence-corrected chi connectivity index (χ2v) is 8.00. The van der Waals surface area contributed by atoms with Gasteiger partial charge in [-0.25, -0.2) is 9.78 Å². The summed E-state index contributed by atoms with van der Waals surface area (Å²) >= 11 is 0. The highest BCUT2D eigenvalue weighted by Gasteiger charge is 2.32. The third-order valence-corrected chi connectivity index (χ3v) is 5.59. The quantitative estimate of drug-likeness (QED) is 0.286. The van der Waals surface area contributed by atoms with Gasteiger partial charge in [0.2, 0.25) is 5.91 Å². The molecule has 0 aliphatic carbocycles. The molecule has 0 saturated carbocycles. The fraction of sp³-hybridized carbons (Fsp3) is 0.320. The average Bonchev–Trinajstić information content (AvgIpc) is 3.35. The predicted octanol–water partition coefficient (Wildman–Crippen LogP) is 2.18. The third kappa shape index (κ3) is 7.00. The summed E-state index contributed by atoms with van der Waals surface area (Å²) in [5.41, 5.74) is 3.94. The maximum atomic E-state index is 12.8. The topological polar surface area (TPSA) is 136 Å². The summed E-state index contributed by atoms with van der Waals surface area (Å²) < 4.78 is 0. The van der Waals surface area contributed by atoms with Crippen molar-refractivity contribution in [1.29, 1.82) is 0 Å². The molecular formula is C25H29N3O5. The summed E-state index contributed by atoms with van der Waals surface area (Å²) in [5.74, 6) is -3.17. The first kappa shape index (κ1) is 24.2.